The average Bonchev–Trinajstić information content (AvgIpc) is 3.08. The molecule has 0 saturated carbocycles. The summed E-state index contributed by atoms with van der Waals surface area (Å²) in [5, 5.41) is 6.63. The van der Waals surface area contributed by atoms with Gasteiger partial charge in [0.2, 0.25) is 5.95 Å². The van der Waals surface area contributed by atoms with Crippen molar-refractivity contribution in [2.45, 2.75) is 13.3 Å². The average molecular weight is 402 g/mol. The van der Waals surface area contributed by atoms with Gasteiger partial charge in [0.1, 0.15) is 18.2 Å². The van der Waals surface area contributed by atoms with Crippen LogP contribution < -0.4 is 15.4 Å². The molecule has 0 amide bonds. The van der Waals surface area contributed by atoms with E-state index in [1.54, 1.807) is 6.20 Å². The fourth-order valence-corrected chi connectivity index (χ4v) is 3.36. The van der Waals surface area contributed by atoms with Gasteiger partial charge in [0, 0.05) is 30.2 Å². The quantitative estimate of drug-likeness (QED) is 0.562. The molecule has 4 rings (SSSR count). The lowest BCUT2D eigenvalue weighted by atomic mass is 10.1. The van der Waals surface area contributed by atoms with E-state index in [-0.39, 0.29) is 0 Å². The summed E-state index contributed by atoms with van der Waals surface area (Å²) in [6.07, 6.45) is 5.02. The van der Waals surface area contributed by atoms with Crippen molar-refractivity contribution in [1.82, 2.24) is 14.9 Å². The minimum atomic E-state index is 0.530. The number of ether oxygens (including phenoxy) is 1. The zero-order valence-electron chi connectivity index (χ0n) is 17.6. The Morgan fingerprint density at radius 1 is 1.03 bits per heavy atom. The largest absolute Gasteiger partial charge is 0.492 e. The number of rotatable bonds is 8. The first-order valence-corrected chi connectivity index (χ1v) is 10.1. The second-order valence-electron chi connectivity index (χ2n) is 7.78. The summed E-state index contributed by atoms with van der Waals surface area (Å²) >= 11 is 0. The molecule has 3 aromatic rings. The van der Waals surface area contributed by atoms with Crippen LogP contribution in [-0.4, -0.2) is 42.1 Å². The van der Waals surface area contributed by atoms with Gasteiger partial charge in [-0.15, -0.1) is 0 Å². The van der Waals surface area contributed by atoms with Gasteiger partial charge < -0.3 is 20.3 Å². The molecule has 6 heteroatoms. The molecule has 0 bridgehead atoms. The maximum Gasteiger partial charge on any atom is 0.229 e. The van der Waals surface area contributed by atoms with Crippen LogP contribution in [0.5, 0.6) is 5.75 Å². The van der Waals surface area contributed by atoms with Crippen LogP contribution in [0.3, 0.4) is 0 Å². The Bertz CT molecular complexity index is 1060. The molecule has 1 aliphatic rings. The predicted molar refractivity (Wildman–Crippen MR) is 123 cm³/mol. The minimum absolute atomic E-state index is 0.530. The summed E-state index contributed by atoms with van der Waals surface area (Å²) in [5.74, 6) is 2.09. The normalized spacial score (nSPS) is 12.5. The third kappa shape index (κ3) is 5.15. The van der Waals surface area contributed by atoms with Crippen molar-refractivity contribution >= 4 is 29.2 Å². The van der Waals surface area contributed by atoms with E-state index >= 15 is 0 Å². The third-order valence-corrected chi connectivity index (χ3v) is 4.84. The lowest BCUT2D eigenvalue weighted by Gasteiger charge is -2.12. The second kappa shape index (κ2) is 8.97. The Balaban J connectivity index is 1.42. The molecule has 0 saturated heterocycles. The van der Waals surface area contributed by atoms with E-state index < -0.39 is 0 Å². The van der Waals surface area contributed by atoms with Crippen molar-refractivity contribution < 1.29 is 4.74 Å². The molecule has 0 radical (unpaired) electrons. The highest BCUT2D eigenvalue weighted by molar-refractivity contribution is 5.70. The Hall–Kier alpha value is -3.38. The van der Waals surface area contributed by atoms with Crippen LogP contribution in [0.4, 0.5) is 23.1 Å². The van der Waals surface area contributed by atoms with Crippen molar-refractivity contribution in [3.8, 4) is 5.75 Å². The molecule has 2 aromatic carbocycles. The summed E-state index contributed by atoms with van der Waals surface area (Å²) in [7, 11) is 4.06. The number of likely N-dealkylation sites (N-methyl/N-ethyl adjacent to an activating group) is 1. The van der Waals surface area contributed by atoms with Crippen molar-refractivity contribution in [2.24, 2.45) is 0 Å². The first kappa shape index (κ1) is 19.9. The Kier molecular flexibility index (Phi) is 5.95. The van der Waals surface area contributed by atoms with Gasteiger partial charge in [-0.2, -0.15) is 4.98 Å². The predicted octanol–water partition coefficient (Wildman–Crippen LogP) is 4.86. The second-order valence-corrected chi connectivity index (χ2v) is 7.78. The lowest BCUT2D eigenvalue weighted by molar-refractivity contribution is 0.261. The molecule has 0 aliphatic heterocycles. The van der Waals surface area contributed by atoms with Gasteiger partial charge in [-0.05, 0) is 68.9 Å². The van der Waals surface area contributed by atoms with Crippen molar-refractivity contribution in [3.63, 3.8) is 0 Å². The van der Waals surface area contributed by atoms with Crippen LogP contribution in [0.25, 0.3) is 6.08 Å². The van der Waals surface area contributed by atoms with Crippen LogP contribution in [0, 0.1) is 0 Å². The zero-order valence-corrected chi connectivity index (χ0v) is 17.6. The number of hydrogen-bond donors (Lipinski definition) is 2. The molecule has 1 aliphatic carbocycles. The summed E-state index contributed by atoms with van der Waals surface area (Å²) < 4.78 is 5.80. The summed E-state index contributed by atoms with van der Waals surface area (Å²) in [4.78, 5) is 11.0. The van der Waals surface area contributed by atoms with E-state index in [0.717, 1.165) is 35.9 Å². The Morgan fingerprint density at radius 2 is 1.90 bits per heavy atom. The van der Waals surface area contributed by atoms with Gasteiger partial charge in [-0.1, -0.05) is 23.8 Å². The topological polar surface area (TPSA) is 62.3 Å². The zero-order chi connectivity index (χ0) is 20.9. The highest BCUT2D eigenvalue weighted by Gasteiger charge is 2.10. The first-order valence-electron chi connectivity index (χ1n) is 10.1. The van der Waals surface area contributed by atoms with Gasteiger partial charge in [-0.25, -0.2) is 4.98 Å². The molecule has 0 atom stereocenters. The molecule has 6 nitrogen and oxygen atoms in total. The summed E-state index contributed by atoms with van der Waals surface area (Å²) in [6.45, 7) is 3.67. The molecule has 0 unspecified atom stereocenters. The molecule has 30 heavy (non-hydrogen) atoms. The lowest BCUT2D eigenvalue weighted by Crippen LogP contribution is -2.19. The van der Waals surface area contributed by atoms with Gasteiger partial charge in [0.05, 0.1) is 0 Å². The maximum absolute atomic E-state index is 5.80. The highest BCUT2D eigenvalue weighted by atomic mass is 16.5. The monoisotopic (exact) mass is 401 g/mol. The number of hydrogen-bond acceptors (Lipinski definition) is 6. The fraction of sp³-hybridized carbons (Fsp3) is 0.250. The van der Waals surface area contributed by atoms with Crippen LogP contribution >= 0.6 is 0 Å². The van der Waals surface area contributed by atoms with Crippen LogP contribution in [0.15, 0.2) is 60.3 Å². The highest BCUT2D eigenvalue weighted by Crippen LogP contribution is 2.28. The number of fused-ring (bicyclic) bond motifs is 1. The van der Waals surface area contributed by atoms with Gasteiger partial charge in [0.15, 0.2) is 0 Å². The first-order chi connectivity index (χ1) is 14.5. The number of allylic oxidation sites excluding steroid dienone is 1. The van der Waals surface area contributed by atoms with Crippen LogP contribution in [0.1, 0.15) is 18.1 Å². The van der Waals surface area contributed by atoms with Crippen molar-refractivity contribution in [2.75, 3.05) is 37.9 Å². The Morgan fingerprint density at radius 3 is 2.77 bits per heavy atom. The number of anilines is 4. The smallest absolute Gasteiger partial charge is 0.229 e. The van der Waals surface area contributed by atoms with Crippen molar-refractivity contribution in [3.05, 3.63) is 71.4 Å². The molecular weight excluding hydrogens is 374 g/mol. The van der Waals surface area contributed by atoms with Gasteiger partial charge in [-0.3, -0.25) is 0 Å². The van der Waals surface area contributed by atoms with Crippen LogP contribution in [-0.2, 0) is 6.42 Å². The molecule has 0 fully saturated rings. The van der Waals surface area contributed by atoms with E-state index in [1.807, 2.05) is 44.4 Å². The van der Waals surface area contributed by atoms with E-state index in [4.69, 9.17) is 4.74 Å². The number of nitrogens with zero attached hydrogens (tertiary/aromatic N) is 3. The molecule has 154 valence electrons. The summed E-state index contributed by atoms with van der Waals surface area (Å²) in [5.41, 5.74) is 5.93. The SMILES string of the molecule is CC1=Cc2cc(Nc3ccnc(Nc4cccc(OCCN(C)C)c4)n3)ccc2C1. The van der Waals surface area contributed by atoms with Crippen LogP contribution in [0.2, 0.25) is 0 Å². The van der Waals surface area contributed by atoms with E-state index in [0.29, 0.717) is 12.6 Å². The summed E-state index contributed by atoms with van der Waals surface area (Å²) in [6, 6.07) is 16.1. The van der Waals surface area contributed by atoms with E-state index in [9.17, 15) is 0 Å². The third-order valence-electron chi connectivity index (χ3n) is 4.84. The van der Waals surface area contributed by atoms with E-state index in [1.165, 1.54) is 16.7 Å². The van der Waals surface area contributed by atoms with Gasteiger partial charge in [0.25, 0.3) is 0 Å². The fourth-order valence-electron chi connectivity index (χ4n) is 3.36. The van der Waals surface area contributed by atoms with Gasteiger partial charge >= 0.3 is 0 Å². The number of aromatic nitrogens is 2. The molecule has 1 heterocycles. The van der Waals surface area contributed by atoms with E-state index in [2.05, 4.69) is 56.7 Å². The maximum atomic E-state index is 5.80. The molecule has 1 aromatic heterocycles. The molecule has 2 N–H and O–H groups in total. The number of nitrogens with one attached hydrogen (secondary N) is 2. The Labute approximate surface area is 177 Å². The number of benzene rings is 2. The molecule has 0 spiro atoms. The van der Waals surface area contributed by atoms with Crippen molar-refractivity contribution in [1.29, 1.82) is 0 Å². The minimum Gasteiger partial charge on any atom is -0.492 e. The standard InChI is InChI=1S/C24H27N5O/c1-17-13-18-7-8-21(15-19(18)14-17)26-23-9-10-25-24(28-23)27-20-5-4-6-22(16-20)30-12-11-29(2)3/h4-10,14-16H,11-13H2,1-3H3,(H2,25,26,27,28). The molecular formula is C24H27N5O.